The molecule has 2 heterocycles. The fourth-order valence-corrected chi connectivity index (χ4v) is 2.26. The summed E-state index contributed by atoms with van der Waals surface area (Å²) in [5.41, 5.74) is 6.58. The van der Waals surface area contributed by atoms with Crippen LogP contribution in [0.3, 0.4) is 0 Å². The Hall–Kier alpha value is -1.29. The Kier molecular flexibility index (Phi) is 2.52. The quantitative estimate of drug-likeness (QED) is 0.645. The van der Waals surface area contributed by atoms with Gasteiger partial charge in [-0.2, -0.15) is 0 Å². The number of nitrogens with two attached hydrogens (primary N) is 1. The molecule has 0 aromatic carbocycles. The van der Waals surface area contributed by atoms with E-state index in [0.29, 0.717) is 5.82 Å². The summed E-state index contributed by atoms with van der Waals surface area (Å²) in [6.45, 7) is 1.94. The zero-order valence-electron chi connectivity index (χ0n) is 8.11. The lowest BCUT2D eigenvalue weighted by atomic mass is 10.3. The number of hydrogen-bond donors (Lipinski definition) is 1. The van der Waals surface area contributed by atoms with E-state index in [1.807, 2.05) is 17.7 Å². The van der Waals surface area contributed by atoms with E-state index in [-0.39, 0.29) is 6.04 Å². The number of nitrogens with zero attached hydrogens (tertiary/aromatic N) is 3. The van der Waals surface area contributed by atoms with Gasteiger partial charge in [0.05, 0.1) is 11.4 Å². The second-order valence-electron chi connectivity index (χ2n) is 3.18. The number of terminal acetylenes is 1. The monoisotopic (exact) mass is 312 g/mol. The lowest BCUT2D eigenvalue weighted by Gasteiger charge is -2.06. The molecular weight excluding hydrogens is 303 g/mol. The van der Waals surface area contributed by atoms with Crippen molar-refractivity contribution in [1.29, 1.82) is 0 Å². The van der Waals surface area contributed by atoms with Gasteiger partial charge in [-0.3, -0.25) is 0 Å². The van der Waals surface area contributed by atoms with Crippen LogP contribution in [0.25, 0.3) is 11.0 Å². The van der Waals surface area contributed by atoms with E-state index in [9.17, 15) is 0 Å². The van der Waals surface area contributed by atoms with Crippen molar-refractivity contribution in [2.75, 3.05) is 5.73 Å². The van der Waals surface area contributed by atoms with Crippen LogP contribution in [-0.2, 0) is 0 Å². The molecule has 0 aliphatic rings. The molecule has 0 saturated carbocycles. The van der Waals surface area contributed by atoms with Gasteiger partial charge in [0.1, 0.15) is 17.8 Å². The number of fused-ring (bicyclic) bond motifs is 1. The Morgan fingerprint density at radius 3 is 3.00 bits per heavy atom. The number of aromatic nitrogens is 3. The Labute approximate surface area is 101 Å². The number of hydrogen-bond acceptors (Lipinski definition) is 3. The first-order chi connectivity index (χ1) is 7.15. The molecule has 5 heteroatoms. The van der Waals surface area contributed by atoms with Gasteiger partial charge in [0.2, 0.25) is 0 Å². The van der Waals surface area contributed by atoms with Gasteiger partial charge in [0, 0.05) is 9.77 Å². The van der Waals surface area contributed by atoms with Gasteiger partial charge < -0.3 is 10.3 Å². The van der Waals surface area contributed by atoms with E-state index in [2.05, 4.69) is 38.5 Å². The lowest BCUT2D eigenvalue weighted by Crippen LogP contribution is -2.02. The molecule has 2 aromatic heterocycles. The first kappa shape index (κ1) is 10.2. The number of rotatable bonds is 1. The van der Waals surface area contributed by atoms with Gasteiger partial charge >= 0.3 is 0 Å². The maximum absolute atomic E-state index is 5.79. The van der Waals surface area contributed by atoms with Gasteiger partial charge in [-0.1, -0.05) is 5.92 Å². The van der Waals surface area contributed by atoms with Crippen molar-refractivity contribution in [3.05, 3.63) is 16.1 Å². The van der Waals surface area contributed by atoms with Crippen molar-refractivity contribution in [3.63, 3.8) is 0 Å². The molecule has 2 rings (SSSR count). The summed E-state index contributed by atoms with van der Waals surface area (Å²) < 4.78 is 2.94. The van der Waals surface area contributed by atoms with Crippen molar-refractivity contribution in [1.82, 2.24) is 14.5 Å². The zero-order valence-corrected chi connectivity index (χ0v) is 10.3. The van der Waals surface area contributed by atoms with Crippen molar-refractivity contribution in [3.8, 4) is 12.3 Å². The smallest absolute Gasteiger partial charge is 0.147 e. The van der Waals surface area contributed by atoms with Crippen LogP contribution in [0.1, 0.15) is 13.0 Å². The third kappa shape index (κ3) is 1.55. The molecule has 76 valence electrons. The molecule has 2 aromatic rings. The van der Waals surface area contributed by atoms with Crippen LogP contribution in [-0.4, -0.2) is 14.5 Å². The number of anilines is 1. The van der Waals surface area contributed by atoms with Gasteiger partial charge in [-0.25, -0.2) is 9.97 Å². The maximum atomic E-state index is 5.79. The molecule has 0 aliphatic carbocycles. The Balaban J connectivity index is 2.80. The van der Waals surface area contributed by atoms with E-state index in [1.165, 1.54) is 6.33 Å². The summed E-state index contributed by atoms with van der Waals surface area (Å²) in [5, 5.41) is 0.875. The molecule has 0 saturated heterocycles. The summed E-state index contributed by atoms with van der Waals surface area (Å²) in [5.74, 6) is 3.16. The second kappa shape index (κ2) is 3.70. The van der Waals surface area contributed by atoms with E-state index in [0.717, 1.165) is 14.6 Å². The summed E-state index contributed by atoms with van der Waals surface area (Å²) in [7, 11) is 0. The van der Waals surface area contributed by atoms with E-state index >= 15 is 0 Å². The molecule has 1 atom stereocenters. The van der Waals surface area contributed by atoms with Gasteiger partial charge in [-0.15, -0.1) is 6.42 Å². The molecular formula is C10H9IN4. The molecule has 0 aliphatic heterocycles. The van der Waals surface area contributed by atoms with Crippen molar-refractivity contribution in [2.24, 2.45) is 0 Å². The molecule has 2 N–H and O–H groups in total. The molecule has 4 nitrogen and oxygen atoms in total. The maximum Gasteiger partial charge on any atom is 0.147 e. The lowest BCUT2D eigenvalue weighted by molar-refractivity contribution is 0.701. The first-order valence-electron chi connectivity index (χ1n) is 4.37. The molecule has 0 radical (unpaired) electrons. The highest BCUT2D eigenvalue weighted by atomic mass is 127. The minimum atomic E-state index is -0.0367. The predicted molar refractivity (Wildman–Crippen MR) is 68.2 cm³/mol. The van der Waals surface area contributed by atoms with Gasteiger partial charge in [0.15, 0.2) is 0 Å². The normalized spacial score (nSPS) is 12.6. The number of nitrogen functional groups attached to an aromatic ring is 1. The van der Waals surface area contributed by atoms with Crippen LogP contribution in [0, 0.1) is 15.9 Å². The average molecular weight is 312 g/mol. The fraction of sp³-hybridized carbons (Fsp3) is 0.200. The van der Waals surface area contributed by atoms with Crippen LogP contribution in [0.15, 0.2) is 12.5 Å². The van der Waals surface area contributed by atoms with Crippen molar-refractivity contribution < 1.29 is 0 Å². The van der Waals surface area contributed by atoms with E-state index in [1.54, 1.807) is 0 Å². The molecule has 0 bridgehead atoms. The van der Waals surface area contributed by atoms with Crippen LogP contribution < -0.4 is 5.73 Å². The van der Waals surface area contributed by atoms with Crippen molar-refractivity contribution in [2.45, 2.75) is 13.0 Å². The minimum absolute atomic E-state index is 0.0367. The number of halogens is 1. The fourth-order valence-electron chi connectivity index (χ4n) is 1.44. The third-order valence-electron chi connectivity index (χ3n) is 2.25. The Morgan fingerprint density at radius 2 is 2.33 bits per heavy atom. The van der Waals surface area contributed by atoms with Crippen LogP contribution >= 0.6 is 22.6 Å². The SMILES string of the molecule is C#CC(C)n1cc(I)c2c(N)ncnc21. The predicted octanol–water partition coefficient (Wildman–Crippen LogP) is 1.81. The summed E-state index contributed by atoms with van der Waals surface area (Å²) in [6.07, 6.45) is 8.79. The van der Waals surface area contributed by atoms with Crippen LogP contribution in [0.2, 0.25) is 0 Å². The summed E-state index contributed by atoms with van der Waals surface area (Å²) >= 11 is 2.20. The highest BCUT2D eigenvalue weighted by molar-refractivity contribution is 14.1. The summed E-state index contributed by atoms with van der Waals surface area (Å²) in [6, 6.07) is -0.0367. The molecule has 1 unspecified atom stereocenters. The van der Waals surface area contributed by atoms with Crippen LogP contribution in [0.4, 0.5) is 5.82 Å². The molecule has 0 spiro atoms. The largest absolute Gasteiger partial charge is 0.383 e. The van der Waals surface area contributed by atoms with Gasteiger partial charge in [-0.05, 0) is 29.5 Å². The molecule has 0 fully saturated rings. The first-order valence-corrected chi connectivity index (χ1v) is 5.45. The third-order valence-corrected chi connectivity index (χ3v) is 3.07. The highest BCUT2D eigenvalue weighted by Crippen LogP contribution is 2.27. The highest BCUT2D eigenvalue weighted by Gasteiger charge is 2.13. The van der Waals surface area contributed by atoms with Crippen LogP contribution in [0.5, 0.6) is 0 Å². The Bertz CT molecular complexity index is 552. The van der Waals surface area contributed by atoms with Gasteiger partial charge in [0.25, 0.3) is 0 Å². The summed E-state index contributed by atoms with van der Waals surface area (Å²) in [4.78, 5) is 8.17. The topological polar surface area (TPSA) is 56.7 Å². The van der Waals surface area contributed by atoms with Crippen molar-refractivity contribution >= 4 is 39.4 Å². The van der Waals surface area contributed by atoms with E-state index < -0.39 is 0 Å². The molecule has 0 amide bonds. The zero-order chi connectivity index (χ0) is 11.0. The van der Waals surface area contributed by atoms with E-state index in [4.69, 9.17) is 12.2 Å². The minimum Gasteiger partial charge on any atom is -0.383 e. The second-order valence-corrected chi connectivity index (χ2v) is 4.35. The molecule has 15 heavy (non-hydrogen) atoms. The standard InChI is InChI=1S/C10H9IN4/c1-3-6(2)15-4-7(11)8-9(12)13-5-14-10(8)15/h1,4-6H,2H3,(H2,12,13,14). The average Bonchev–Trinajstić information content (AvgIpc) is 2.56. The Morgan fingerprint density at radius 1 is 1.60 bits per heavy atom.